The molecule has 0 heterocycles. The van der Waals surface area contributed by atoms with Gasteiger partial charge in [-0.25, -0.2) is 0 Å². The van der Waals surface area contributed by atoms with Gasteiger partial charge in [0, 0.05) is 0 Å². The van der Waals surface area contributed by atoms with Gasteiger partial charge in [0.05, 0.1) is 0 Å². The number of hydrogen-bond acceptors (Lipinski definition) is 0. The van der Waals surface area contributed by atoms with Crippen molar-refractivity contribution in [3.8, 4) is 0 Å². The van der Waals surface area contributed by atoms with Gasteiger partial charge in [-0.05, 0) is 0 Å². The van der Waals surface area contributed by atoms with Crippen LogP contribution < -0.4 is 0 Å². The molecule has 0 unspecified atom stereocenters. The monoisotopic (exact) mass is 1020 g/mol. The molecule has 0 aromatic rings. The van der Waals surface area contributed by atoms with Crippen LogP contribution in [0.1, 0.15) is 0 Å². The predicted molar refractivity (Wildman–Crippen MR) is 180 cm³/mol. The lowest BCUT2D eigenvalue weighted by Gasteiger charge is -2.56. The second kappa shape index (κ2) is 13.3. The summed E-state index contributed by atoms with van der Waals surface area (Å²) in [4.78, 5) is -0.903. The fourth-order valence-corrected chi connectivity index (χ4v) is 9.62. The lowest BCUT2D eigenvalue weighted by Crippen LogP contribution is -2.73. The Hall–Kier alpha value is 7.25. The molecule has 223 valence electrons. The summed E-state index contributed by atoms with van der Waals surface area (Å²) in [6.07, 6.45) is 0. The summed E-state index contributed by atoms with van der Waals surface area (Å²) in [5.41, 5.74) is 0. The van der Waals surface area contributed by atoms with Gasteiger partial charge in [0.15, 0.2) is 43.8 Å². The van der Waals surface area contributed by atoms with E-state index in [-0.39, 0.29) is 0 Å². The highest BCUT2D eigenvalue weighted by atomic mass is 35.6. The van der Waals surface area contributed by atoms with Crippen molar-refractivity contribution in [3.05, 3.63) is 4.84 Å². The molecule has 0 atom stereocenters. The lowest BCUT2D eigenvalue weighted by molar-refractivity contribution is 0.423. The number of halogens is 25. The van der Waals surface area contributed by atoms with Crippen molar-refractivity contribution in [2.45, 2.75) is 47.1 Å². The Bertz CT molecular complexity index is 825. The molecule has 1 radical (unpaired) electrons. The molecule has 0 aromatic heterocycles. The van der Waals surface area contributed by atoms with Crippen molar-refractivity contribution >= 4 is 290 Å². The number of rotatable bonds is 10. The summed E-state index contributed by atoms with van der Waals surface area (Å²) in [6.45, 7) is 0. The van der Waals surface area contributed by atoms with Crippen molar-refractivity contribution in [1.29, 1.82) is 0 Å². The minimum Gasteiger partial charge on any atom is -0.0946 e. The van der Waals surface area contributed by atoms with Gasteiger partial charge in [-0.15, -0.1) is 0 Å². The zero-order chi connectivity index (χ0) is 31.1. The van der Waals surface area contributed by atoms with Gasteiger partial charge in [0.2, 0.25) is 8.13 Å². The molecule has 25 heteroatoms. The predicted octanol–water partition coefficient (Wildman–Crippen LogP) is 15.1. The van der Waals surface area contributed by atoms with Crippen LogP contribution in [0, 0.1) is 4.84 Å². The van der Waals surface area contributed by atoms with Gasteiger partial charge in [0.1, 0.15) is 0 Å². The third-order valence-corrected chi connectivity index (χ3v) is 21.2. The van der Waals surface area contributed by atoms with Crippen molar-refractivity contribution < 1.29 is 0 Å². The summed E-state index contributed by atoms with van der Waals surface area (Å²) in [5, 5.41) is 0. The summed E-state index contributed by atoms with van der Waals surface area (Å²) >= 11 is 153. The minimum atomic E-state index is -3.33. The zero-order valence-corrected chi connectivity index (χ0v) is 34.3. The normalized spacial score (nSPS) is 17.0. The second-order valence-corrected chi connectivity index (χ2v) is 23.0. The number of alkyl halides is 23. The maximum Gasteiger partial charge on any atom is 0.226 e. The highest BCUT2D eigenvalue weighted by molar-refractivity contribution is 6.84. The average Bonchev–Trinajstić information content (AvgIpc) is 2.65. The molecule has 0 fully saturated rings. The van der Waals surface area contributed by atoms with Crippen LogP contribution in [0.4, 0.5) is 0 Å². The first-order chi connectivity index (χ1) is 15.4. The molecule has 37 heavy (non-hydrogen) atoms. The molecule has 0 amide bonds. The Kier molecular flexibility index (Phi) is 15.9. The van der Waals surface area contributed by atoms with Crippen LogP contribution >= 0.6 is 290 Å². The fraction of sp³-hybridized carbons (Fsp3) is 0.917. The summed E-state index contributed by atoms with van der Waals surface area (Å²) in [5.74, 6) is 0. The van der Waals surface area contributed by atoms with Crippen LogP contribution in [-0.2, 0) is 0 Å². The van der Waals surface area contributed by atoms with Crippen molar-refractivity contribution in [2.75, 3.05) is 0 Å². The molecular weight excluding hydrogens is 1030 g/mol. The van der Waals surface area contributed by atoms with Crippen LogP contribution in [0.3, 0.4) is 0 Å². The average molecular weight is 1030 g/mol. The Morgan fingerprint density at radius 1 is 0.243 bits per heavy atom. The van der Waals surface area contributed by atoms with Crippen molar-refractivity contribution in [2.24, 2.45) is 0 Å². The third-order valence-electron chi connectivity index (χ3n) is 4.14. The van der Waals surface area contributed by atoms with Gasteiger partial charge in [-0.3, -0.25) is 0 Å². The maximum atomic E-state index is 6.36. The van der Waals surface area contributed by atoms with E-state index in [4.69, 9.17) is 290 Å². The maximum absolute atomic E-state index is 6.36. The van der Waals surface area contributed by atoms with E-state index < -0.39 is 52.0 Å². The van der Waals surface area contributed by atoms with E-state index in [2.05, 4.69) is 0 Å². The first-order valence-electron chi connectivity index (χ1n) is 7.47. The summed E-state index contributed by atoms with van der Waals surface area (Å²) in [6, 6.07) is 0. The molecule has 0 aromatic carbocycles. The third kappa shape index (κ3) is 6.90. The van der Waals surface area contributed by atoms with E-state index in [1.807, 2.05) is 0 Å². The smallest absolute Gasteiger partial charge is 0.0946 e. The van der Waals surface area contributed by atoms with Crippen LogP contribution in [-0.4, -0.2) is 47.1 Å². The van der Waals surface area contributed by atoms with E-state index in [0.717, 1.165) is 0 Å². The second-order valence-electron chi connectivity index (χ2n) is 6.50. The van der Waals surface area contributed by atoms with Crippen LogP contribution in [0.5, 0.6) is 0 Å². The van der Waals surface area contributed by atoms with Crippen LogP contribution in [0.25, 0.3) is 0 Å². The Morgan fingerprint density at radius 2 is 0.405 bits per heavy atom. The molecule has 0 bridgehead atoms. The van der Waals surface area contributed by atoms with Crippen LogP contribution in [0.2, 0.25) is 0 Å². The van der Waals surface area contributed by atoms with Gasteiger partial charge in [0.25, 0.3) is 0 Å². The Morgan fingerprint density at radius 3 is 0.568 bits per heavy atom. The largest absolute Gasteiger partial charge is 0.226 e. The van der Waals surface area contributed by atoms with E-state index >= 15 is 0 Å². The van der Waals surface area contributed by atoms with Crippen molar-refractivity contribution in [1.82, 2.24) is 0 Å². The van der Waals surface area contributed by atoms with Gasteiger partial charge in [-0.1, -0.05) is 290 Å². The lowest BCUT2D eigenvalue weighted by atomic mass is 9.99. The van der Waals surface area contributed by atoms with Gasteiger partial charge in [-0.2, -0.15) is 0 Å². The molecule has 0 saturated carbocycles. The molecule has 0 rings (SSSR count). The standard InChI is InChI=1S/C12Cl25/c13-1(14)2(15,16)3(17,18)4(19,20)5(21,22)6(23,24)7(25,26)8(27,28)9(29,30)10(31,32)11(33,34)12(35,36)37. The highest BCUT2D eigenvalue weighted by Crippen LogP contribution is 2.75. The molecule has 0 saturated heterocycles. The Balaban J connectivity index is 7.22. The van der Waals surface area contributed by atoms with Gasteiger partial charge >= 0.3 is 0 Å². The first-order valence-corrected chi connectivity index (χ1v) is 16.9. The number of hydrogen-bond donors (Lipinski definition) is 0. The van der Waals surface area contributed by atoms with Crippen molar-refractivity contribution in [3.63, 3.8) is 0 Å². The molecular formula is C12Cl25. The molecule has 0 aliphatic rings. The Labute approximate surface area is 336 Å². The quantitative estimate of drug-likeness (QED) is 0.191. The van der Waals surface area contributed by atoms with E-state index in [0.29, 0.717) is 0 Å². The van der Waals surface area contributed by atoms with E-state index in [1.54, 1.807) is 0 Å². The zero-order valence-electron chi connectivity index (χ0n) is 15.4. The van der Waals surface area contributed by atoms with E-state index in [1.165, 1.54) is 0 Å². The molecule has 0 spiro atoms. The summed E-state index contributed by atoms with van der Waals surface area (Å²) < 4.78 is -34.2. The minimum absolute atomic E-state index is 0.903. The molecule has 0 N–H and O–H groups in total. The molecule has 0 nitrogen and oxygen atoms in total. The first kappa shape index (κ1) is 44.2. The molecule has 0 aliphatic heterocycles. The topological polar surface area (TPSA) is 0 Å². The van der Waals surface area contributed by atoms with Crippen LogP contribution in [0.15, 0.2) is 0 Å². The highest BCUT2D eigenvalue weighted by Gasteiger charge is 2.84. The SMILES string of the molecule is Cl[C](Cl)C(Cl)(Cl)C(Cl)(Cl)C(Cl)(Cl)C(Cl)(Cl)C(Cl)(Cl)C(Cl)(Cl)C(Cl)(Cl)C(Cl)(Cl)C(Cl)(Cl)C(Cl)(Cl)C(Cl)(Cl)Cl. The molecule has 0 aliphatic carbocycles. The van der Waals surface area contributed by atoms with E-state index in [9.17, 15) is 0 Å². The summed E-state index contributed by atoms with van der Waals surface area (Å²) in [7, 11) is 0. The van der Waals surface area contributed by atoms with Gasteiger partial charge < -0.3 is 0 Å². The fourth-order valence-electron chi connectivity index (χ4n) is 1.87.